The van der Waals surface area contributed by atoms with E-state index >= 15 is 0 Å². The molecule has 0 saturated carbocycles. The third-order valence-electron chi connectivity index (χ3n) is 2.47. The number of aromatic amines is 1. The highest BCUT2D eigenvalue weighted by Gasteiger charge is 2.07. The Balaban J connectivity index is 2.51. The predicted molar refractivity (Wildman–Crippen MR) is 58.2 cm³/mol. The fourth-order valence-electron chi connectivity index (χ4n) is 1.54. The molecule has 0 aliphatic carbocycles. The van der Waals surface area contributed by atoms with E-state index in [-0.39, 0.29) is 12.5 Å². The molecule has 3 heteroatoms. The van der Waals surface area contributed by atoms with Crippen LogP contribution in [0.1, 0.15) is 18.5 Å². The van der Waals surface area contributed by atoms with Gasteiger partial charge in [0.1, 0.15) is 0 Å². The number of aromatic nitrogens is 1. The molecule has 2 aromatic rings. The molecule has 0 aliphatic rings. The Morgan fingerprint density at radius 3 is 2.93 bits per heavy atom. The van der Waals surface area contributed by atoms with Crippen molar-refractivity contribution in [2.24, 2.45) is 0 Å². The fourth-order valence-corrected chi connectivity index (χ4v) is 1.54. The highest BCUT2D eigenvalue weighted by atomic mass is 16.3. The minimum absolute atomic E-state index is 0.142. The molecule has 3 nitrogen and oxygen atoms in total. The van der Waals surface area contributed by atoms with Crippen LogP contribution in [0, 0.1) is 0 Å². The third kappa shape index (κ3) is 1.46. The van der Waals surface area contributed by atoms with E-state index in [1.807, 2.05) is 31.2 Å². The lowest BCUT2D eigenvalue weighted by Gasteiger charge is -2.02. The Morgan fingerprint density at radius 1 is 1.43 bits per heavy atom. The van der Waals surface area contributed by atoms with E-state index in [1.54, 1.807) is 0 Å². The van der Waals surface area contributed by atoms with Gasteiger partial charge in [-0.05, 0) is 24.3 Å². The van der Waals surface area contributed by atoms with Crippen LogP contribution < -0.4 is 5.73 Å². The summed E-state index contributed by atoms with van der Waals surface area (Å²) in [6.45, 7) is 2.14. The van der Waals surface area contributed by atoms with E-state index in [4.69, 9.17) is 10.8 Å². The molecule has 1 atom stereocenters. The number of hydrogen-bond acceptors (Lipinski definition) is 2. The highest BCUT2D eigenvalue weighted by Crippen LogP contribution is 2.22. The van der Waals surface area contributed by atoms with Gasteiger partial charge in [0.15, 0.2) is 0 Å². The molecule has 0 radical (unpaired) electrons. The van der Waals surface area contributed by atoms with Crippen molar-refractivity contribution in [2.75, 3.05) is 12.3 Å². The van der Waals surface area contributed by atoms with Gasteiger partial charge in [0.25, 0.3) is 0 Å². The second-order valence-corrected chi connectivity index (χ2v) is 3.65. The van der Waals surface area contributed by atoms with E-state index in [0.29, 0.717) is 0 Å². The molecule has 1 aromatic heterocycles. The van der Waals surface area contributed by atoms with Gasteiger partial charge in [0, 0.05) is 28.2 Å². The number of rotatable bonds is 2. The van der Waals surface area contributed by atoms with E-state index in [1.165, 1.54) is 0 Å². The van der Waals surface area contributed by atoms with Gasteiger partial charge < -0.3 is 15.8 Å². The zero-order valence-corrected chi connectivity index (χ0v) is 8.12. The van der Waals surface area contributed by atoms with Crippen LogP contribution in [-0.4, -0.2) is 16.7 Å². The van der Waals surface area contributed by atoms with Crippen molar-refractivity contribution >= 4 is 16.6 Å². The smallest absolute Gasteiger partial charge is 0.0511 e. The number of nitrogens with one attached hydrogen (secondary N) is 1. The maximum absolute atomic E-state index is 9.02. The molecular weight excluding hydrogens is 176 g/mol. The molecule has 0 fully saturated rings. The molecule has 4 N–H and O–H groups in total. The van der Waals surface area contributed by atoms with Crippen molar-refractivity contribution < 1.29 is 5.11 Å². The quantitative estimate of drug-likeness (QED) is 0.633. The number of aliphatic hydroxyl groups excluding tert-OH is 1. The number of nitrogen functional groups attached to an aromatic ring is 1. The Labute approximate surface area is 82.6 Å². The summed E-state index contributed by atoms with van der Waals surface area (Å²) in [4.78, 5) is 3.26. The summed E-state index contributed by atoms with van der Waals surface area (Å²) in [5.74, 6) is 0.142. The second-order valence-electron chi connectivity index (χ2n) is 3.65. The van der Waals surface area contributed by atoms with Gasteiger partial charge in [-0.15, -0.1) is 0 Å². The van der Waals surface area contributed by atoms with Gasteiger partial charge in [-0.2, -0.15) is 0 Å². The van der Waals surface area contributed by atoms with Gasteiger partial charge in [-0.25, -0.2) is 0 Å². The number of fused-ring (bicyclic) bond motifs is 1. The number of benzene rings is 1. The van der Waals surface area contributed by atoms with E-state index in [0.717, 1.165) is 22.3 Å². The average Bonchev–Trinajstić information content (AvgIpc) is 2.59. The molecule has 0 aliphatic heterocycles. The van der Waals surface area contributed by atoms with Crippen molar-refractivity contribution in [1.82, 2.24) is 4.98 Å². The summed E-state index contributed by atoms with van der Waals surface area (Å²) in [6, 6.07) is 7.79. The monoisotopic (exact) mass is 190 g/mol. The third-order valence-corrected chi connectivity index (χ3v) is 2.47. The van der Waals surface area contributed by atoms with Crippen molar-refractivity contribution in [3.05, 3.63) is 30.0 Å². The molecule has 0 saturated heterocycles. The van der Waals surface area contributed by atoms with Gasteiger partial charge in [0.2, 0.25) is 0 Å². The number of aliphatic hydroxyl groups is 1. The summed E-state index contributed by atoms with van der Waals surface area (Å²) >= 11 is 0. The summed E-state index contributed by atoms with van der Waals surface area (Å²) < 4.78 is 0. The number of hydrogen-bond donors (Lipinski definition) is 3. The molecule has 14 heavy (non-hydrogen) atoms. The van der Waals surface area contributed by atoms with Gasteiger partial charge in [0.05, 0.1) is 6.61 Å². The Kier molecular flexibility index (Phi) is 2.17. The van der Waals surface area contributed by atoms with Crippen LogP contribution in [0.15, 0.2) is 24.3 Å². The first kappa shape index (κ1) is 9.09. The minimum Gasteiger partial charge on any atom is -0.399 e. The zero-order valence-electron chi connectivity index (χ0n) is 8.12. The molecular formula is C11H14N2O. The zero-order chi connectivity index (χ0) is 10.1. The fraction of sp³-hybridized carbons (Fsp3) is 0.273. The van der Waals surface area contributed by atoms with E-state index < -0.39 is 0 Å². The van der Waals surface area contributed by atoms with Crippen molar-refractivity contribution in [3.8, 4) is 0 Å². The number of anilines is 1. The maximum atomic E-state index is 9.02. The van der Waals surface area contributed by atoms with Crippen molar-refractivity contribution in [3.63, 3.8) is 0 Å². The Morgan fingerprint density at radius 2 is 2.21 bits per heavy atom. The molecule has 0 unspecified atom stereocenters. The predicted octanol–water partition coefficient (Wildman–Crippen LogP) is 1.85. The highest BCUT2D eigenvalue weighted by molar-refractivity contribution is 5.83. The topological polar surface area (TPSA) is 62.0 Å². The lowest BCUT2D eigenvalue weighted by molar-refractivity contribution is 0.271. The van der Waals surface area contributed by atoms with Crippen LogP contribution in [-0.2, 0) is 0 Å². The lowest BCUT2D eigenvalue weighted by atomic mass is 10.1. The largest absolute Gasteiger partial charge is 0.399 e. The average molecular weight is 190 g/mol. The first-order valence-electron chi connectivity index (χ1n) is 4.69. The molecule has 0 spiro atoms. The molecule has 2 rings (SSSR count). The second kappa shape index (κ2) is 3.35. The molecule has 74 valence electrons. The first-order chi connectivity index (χ1) is 6.70. The molecule has 1 aromatic carbocycles. The van der Waals surface area contributed by atoms with Crippen molar-refractivity contribution in [2.45, 2.75) is 12.8 Å². The first-order valence-corrected chi connectivity index (χ1v) is 4.69. The molecule has 0 bridgehead atoms. The van der Waals surface area contributed by atoms with Gasteiger partial charge in [-0.3, -0.25) is 0 Å². The Bertz CT molecular complexity index is 447. The summed E-state index contributed by atoms with van der Waals surface area (Å²) in [6.07, 6.45) is 0. The normalized spacial score (nSPS) is 13.3. The molecule has 1 heterocycles. The van der Waals surface area contributed by atoms with Crippen molar-refractivity contribution in [1.29, 1.82) is 0 Å². The Hall–Kier alpha value is -1.48. The number of nitrogens with two attached hydrogens (primary N) is 1. The maximum Gasteiger partial charge on any atom is 0.0511 e. The standard InChI is InChI=1S/C11H14N2O/c1-7(6-14)11-5-8-4-9(12)2-3-10(8)13-11/h2-5,7,13-14H,6,12H2,1H3/t7-/m0/s1. The van der Waals surface area contributed by atoms with Gasteiger partial charge >= 0.3 is 0 Å². The summed E-state index contributed by atoms with van der Waals surface area (Å²) in [5, 5.41) is 10.1. The van der Waals surface area contributed by atoms with Crippen LogP contribution in [0.25, 0.3) is 10.9 Å². The SMILES string of the molecule is C[C@@H](CO)c1cc2cc(N)ccc2[nH]1. The van der Waals surface area contributed by atoms with Crippen LogP contribution in [0.5, 0.6) is 0 Å². The van der Waals surface area contributed by atoms with Crippen LogP contribution in [0.4, 0.5) is 5.69 Å². The van der Waals surface area contributed by atoms with Crippen LogP contribution in [0.2, 0.25) is 0 Å². The summed E-state index contributed by atoms with van der Waals surface area (Å²) in [7, 11) is 0. The van der Waals surface area contributed by atoms with E-state index in [2.05, 4.69) is 4.98 Å². The minimum atomic E-state index is 0.142. The number of H-pyrrole nitrogens is 1. The van der Waals surface area contributed by atoms with E-state index in [9.17, 15) is 0 Å². The molecule has 0 amide bonds. The van der Waals surface area contributed by atoms with Gasteiger partial charge in [-0.1, -0.05) is 6.92 Å². The van der Waals surface area contributed by atoms with Crippen LogP contribution in [0.3, 0.4) is 0 Å². The lowest BCUT2D eigenvalue weighted by Crippen LogP contribution is -1.98. The van der Waals surface area contributed by atoms with Crippen LogP contribution >= 0.6 is 0 Å². The summed E-state index contributed by atoms with van der Waals surface area (Å²) in [5.41, 5.74) is 8.56.